The molecule has 0 saturated carbocycles. The molecule has 2 amide bonds. The van der Waals surface area contributed by atoms with Crippen LogP contribution in [0.15, 0.2) is 47.1 Å². The molecule has 1 fully saturated rings. The van der Waals surface area contributed by atoms with Crippen LogP contribution in [0.2, 0.25) is 0 Å². The molecule has 1 aromatic heterocycles. The SMILES string of the molecule is Cc1cc(N2C[C@H](C(=O)NCCc3ccccn3)CC2=O)ccc1Br. The number of halogens is 1. The smallest absolute Gasteiger partial charge is 0.227 e. The van der Waals surface area contributed by atoms with Gasteiger partial charge in [0.05, 0.1) is 5.92 Å². The van der Waals surface area contributed by atoms with Crippen molar-refractivity contribution in [2.75, 3.05) is 18.0 Å². The van der Waals surface area contributed by atoms with Crippen LogP contribution in [-0.4, -0.2) is 29.9 Å². The summed E-state index contributed by atoms with van der Waals surface area (Å²) in [7, 11) is 0. The molecule has 1 aliphatic rings. The van der Waals surface area contributed by atoms with Gasteiger partial charge in [0.1, 0.15) is 0 Å². The molecule has 0 aliphatic carbocycles. The summed E-state index contributed by atoms with van der Waals surface area (Å²) in [6.07, 6.45) is 2.68. The Morgan fingerprint density at radius 1 is 1.36 bits per heavy atom. The number of anilines is 1. The summed E-state index contributed by atoms with van der Waals surface area (Å²) in [5, 5.41) is 2.92. The van der Waals surface area contributed by atoms with Crippen LogP contribution in [-0.2, 0) is 16.0 Å². The third-order valence-electron chi connectivity index (χ3n) is 4.36. The summed E-state index contributed by atoms with van der Waals surface area (Å²) >= 11 is 3.46. The number of aromatic nitrogens is 1. The van der Waals surface area contributed by atoms with Gasteiger partial charge in [-0.3, -0.25) is 14.6 Å². The highest BCUT2D eigenvalue weighted by Gasteiger charge is 2.35. The number of nitrogens with one attached hydrogen (secondary N) is 1. The Morgan fingerprint density at radius 3 is 2.92 bits per heavy atom. The van der Waals surface area contributed by atoms with Gasteiger partial charge in [0.2, 0.25) is 11.8 Å². The van der Waals surface area contributed by atoms with E-state index in [2.05, 4.69) is 26.2 Å². The second kappa shape index (κ2) is 7.78. The maximum Gasteiger partial charge on any atom is 0.227 e. The molecule has 25 heavy (non-hydrogen) atoms. The molecule has 1 atom stereocenters. The predicted molar refractivity (Wildman–Crippen MR) is 100 cm³/mol. The summed E-state index contributed by atoms with van der Waals surface area (Å²) in [5.41, 5.74) is 2.85. The van der Waals surface area contributed by atoms with Crippen LogP contribution >= 0.6 is 15.9 Å². The minimum Gasteiger partial charge on any atom is -0.355 e. The van der Waals surface area contributed by atoms with Gasteiger partial charge in [0, 0.05) is 48.0 Å². The topological polar surface area (TPSA) is 62.3 Å². The van der Waals surface area contributed by atoms with Crippen molar-refractivity contribution in [1.29, 1.82) is 0 Å². The fraction of sp³-hybridized carbons (Fsp3) is 0.316. The molecule has 130 valence electrons. The fourth-order valence-electron chi connectivity index (χ4n) is 2.93. The Hall–Kier alpha value is -2.21. The minimum absolute atomic E-state index is 0.00778. The normalized spacial score (nSPS) is 17.0. The average molecular weight is 402 g/mol. The molecular formula is C19H20BrN3O2. The number of benzene rings is 1. The number of nitrogens with zero attached hydrogens (tertiary/aromatic N) is 2. The first kappa shape index (κ1) is 17.6. The molecule has 5 nitrogen and oxygen atoms in total. The van der Waals surface area contributed by atoms with Gasteiger partial charge < -0.3 is 10.2 Å². The van der Waals surface area contributed by atoms with E-state index in [0.29, 0.717) is 19.5 Å². The first-order valence-electron chi connectivity index (χ1n) is 8.29. The van der Waals surface area contributed by atoms with E-state index < -0.39 is 0 Å². The highest BCUT2D eigenvalue weighted by molar-refractivity contribution is 9.10. The summed E-state index contributed by atoms with van der Waals surface area (Å²) in [6, 6.07) is 11.5. The van der Waals surface area contributed by atoms with Crippen molar-refractivity contribution in [3.8, 4) is 0 Å². The Kier molecular flexibility index (Phi) is 5.48. The number of pyridine rings is 1. The van der Waals surface area contributed by atoms with Crippen molar-refractivity contribution >= 4 is 33.4 Å². The molecule has 0 unspecified atom stereocenters. The van der Waals surface area contributed by atoms with Crippen LogP contribution in [0.1, 0.15) is 17.7 Å². The van der Waals surface area contributed by atoms with E-state index in [9.17, 15) is 9.59 Å². The maximum absolute atomic E-state index is 12.4. The number of amides is 2. The molecule has 0 bridgehead atoms. The number of rotatable bonds is 5. The average Bonchev–Trinajstić information content (AvgIpc) is 3.00. The zero-order chi connectivity index (χ0) is 17.8. The molecule has 0 radical (unpaired) electrons. The first-order chi connectivity index (χ1) is 12.0. The minimum atomic E-state index is -0.305. The van der Waals surface area contributed by atoms with Gasteiger partial charge in [0.15, 0.2) is 0 Å². The van der Waals surface area contributed by atoms with Gasteiger partial charge >= 0.3 is 0 Å². The molecule has 1 N–H and O–H groups in total. The number of hydrogen-bond acceptors (Lipinski definition) is 3. The van der Waals surface area contributed by atoms with Gasteiger partial charge in [0.25, 0.3) is 0 Å². The molecule has 1 aromatic carbocycles. The zero-order valence-corrected chi connectivity index (χ0v) is 15.6. The largest absolute Gasteiger partial charge is 0.355 e. The molecular weight excluding hydrogens is 382 g/mol. The number of aryl methyl sites for hydroxylation is 1. The van der Waals surface area contributed by atoms with E-state index in [4.69, 9.17) is 0 Å². The van der Waals surface area contributed by atoms with Crippen molar-refractivity contribution in [3.63, 3.8) is 0 Å². The Morgan fingerprint density at radius 2 is 2.20 bits per heavy atom. The Balaban J connectivity index is 1.56. The first-order valence-corrected chi connectivity index (χ1v) is 9.08. The molecule has 3 rings (SSSR count). The highest BCUT2D eigenvalue weighted by atomic mass is 79.9. The lowest BCUT2D eigenvalue weighted by Gasteiger charge is -2.17. The van der Waals surface area contributed by atoms with Crippen molar-refractivity contribution in [2.24, 2.45) is 5.92 Å². The van der Waals surface area contributed by atoms with Crippen LogP contribution in [0.4, 0.5) is 5.69 Å². The van der Waals surface area contributed by atoms with E-state index in [-0.39, 0.29) is 24.2 Å². The van der Waals surface area contributed by atoms with E-state index in [0.717, 1.165) is 21.4 Å². The van der Waals surface area contributed by atoms with Gasteiger partial charge in [-0.1, -0.05) is 22.0 Å². The summed E-state index contributed by atoms with van der Waals surface area (Å²) in [6.45, 7) is 2.93. The quantitative estimate of drug-likeness (QED) is 0.837. The summed E-state index contributed by atoms with van der Waals surface area (Å²) < 4.78 is 1.01. The molecule has 0 spiro atoms. The fourth-order valence-corrected chi connectivity index (χ4v) is 3.18. The van der Waals surface area contributed by atoms with Crippen LogP contribution in [0.3, 0.4) is 0 Å². The molecule has 2 aromatic rings. The van der Waals surface area contributed by atoms with E-state index in [1.165, 1.54) is 0 Å². The van der Waals surface area contributed by atoms with Gasteiger partial charge in [-0.25, -0.2) is 0 Å². The Labute approximate surface area is 155 Å². The second-order valence-electron chi connectivity index (χ2n) is 6.20. The van der Waals surface area contributed by atoms with Crippen molar-refractivity contribution in [2.45, 2.75) is 19.8 Å². The zero-order valence-electron chi connectivity index (χ0n) is 14.0. The van der Waals surface area contributed by atoms with Crippen LogP contribution < -0.4 is 10.2 Å². The molecule has 6 heteroatoms. The van der Waals surface area contributed by atoms with E-state index in [1.807, 2.05) is 43.3 Å². The summed E-state index contributed by atoms with van der Waals surface area (Å²) in [4.78, 5) is 30.6. The number of carbonyl (C=O) groups is 2. The summed E-state index contributed by atoms with van der Waals surface area (Å²) in [5.74, 6) is -0.382. The van der Waals surface area contributed by atoms with Gasteiger partial charge in [-0.2, -0.15) is 0 Å². The van der Waals surface area contributed by atoms with Crippen molar-refractivity contribution < 1.29 is 9.59 Å². The third kappa shape index (κ3) is 4.25. The van der Waals surface area contributed by atoms with E-state index >= 15 is 0 Å². The third-order valence-corrected chi connectivity index (χ3v) is 5.25. The predicted octanol–water partition coefficient (Wildman–Crippen LogP) is 2.86. The second-order valence-corrected chi connectivity index (χ2v) is 7.06. The van der Waals surface area contributed by atoms with Crippen molar-refractivity contribution in [3.05, 3.63) is 58.3 Å². The van der Waals surface area contributed by atoms with Gasteiger partial charge in [-0.05, 0) is 42.8 Å². The lowest BCUT2D eigenvalue weighted by atomic mass is 10.1. The van der Waals surface area contributed by atoms with Crippen LogP contribution in [0.25, 0.3) is 0 Å². The lowest BCUT2D eigenvalue weighted by Crippen LogP contribution is -2.34. The number of hydrogen-bond donors (Lipinski definition) is 1. The van der Waals surface area contributed by atoms with Crippen LogP contribution in [0, 0.1) is 12.8 Å². The van der Waals surface area contributed by atoms with Crippen LogP contribution in [0.5, 0.6) is 0 Å². The Bertz CT molecular complexity index is 779. The van der Waals surface area contributed by atoms with Crippen molar-refractivity contribution in [1.82, 2.24) is 10.3 Å². The standard InChI is InChI=1S/C19H20BrN3O2/c1-13-10-16(5-6-17(13)20)23-12-14(11-18(23)24)19(25)22-9-7-15-4-2-3-8-21-15/h2-6,8,10,14H,7,9,11-12H2,1H3,(H,22,25)/t14-/m1/s1. The maximum atomic E-state index is 12.4. The molecule has 1 aliphatic heterocycles. The molecule has 1 saturated heterocycles. The van der Waals surface area contributed by atoms with Gasteiger partial charge in [-0.15, -0.1) is 0 Å². The lowest BCUT2D eigenvalue weighted by molar-refractivity contribution is -0.126. The highest BCUT2D eigenvalue weighted by Crippen LogP contribution is 2.28. The molecule has 2 heterocycles. The monoisotopic (exact) mass is 401 g/mol. The van der Waals surface area contributed by atoms with E-state index in [1.54, 1.807) is 11.1 Å². The number of carbonyl (C=O) groups excluding carboxylic acids is 2.